The van der Waals surface area contributed by atoms with Crippen LogP contribution in [0.3, 0.4) is 0 Å². The number of aliphatic hydroxyl groups is 1. The van der Waals surface area contributed by atoms with Crippen molar-refractivity contribution < 1.29 is 17.9 Å². The van der Waals surface area contributed by atoms with E-state index in [9.17, 15) is 12.8 Å². The first-order valence-electron chi connectivity index (χ1n) is 6.38. The van der Waals surface area contributed by atoms with Crippen molar-refractivity contribution in [2.75, 3.05) is 13.1 Å². The second-order valence-electron chi connectivity index (χ2n) is 4.85. The van der Waals surface area contributed by atoms with Crippen molar-refractivity contribution in [3.63, 3.8) is 0 Å². The summed E-state index contributed by atoms with van der Waals surface area (Å²) in [7, 11) is -3.76. The van der Waals surface area contributed by atoms with Crippen LogP contribution in [0.2, 0.25) is 0 Å². The van der Waals surface area contributed by atoms with Crippen LogP contribution in [0.25, 0.3) is 0 Å². The lowest BCUT2D eigenvalue weighted by molar-refractivity contribution is 0.281. The molecule has 1 heterocycles. The van der Waals surface area contributed by atoms with Crippen molar-refractivity contribution in [1.29, 1.82) is 0 Å². The maximum absolute atomic E-state index is 13.8. The highest BCUT2D eigenvalue weighted by molar-refractivity contribution is 7.89. The van der Waals surface area contributed by atoms with Crippen LogP contribution in [0, 0.1) is 11.7 Å². The van der Waals surface area contributed by atoms with E-state index in [1.807, 2.05) is 6.92 Å². The van der Waals surface area contributed by atoms with Crippen LogP contribution in [0.4, 0.5) is 4.39 Å². The zero-order chi connectivity index (χ0) is 14.0. The van der Waals surface area contributed by atoms with Gasteiger partial charge in [-0.2, -0.15) is 4.31 Å². The fourth-order valence-corrected chi connectivity index (χ4v) is 3.92. The van der Waals surface area contributed by atoms with Gasteiger partial charge >= 0.3 is 0 Å². The minimum Gasteiger partial charge on any atom is -0.392 e. The Morgan fingerprint density at radius 2 is 2.21 bits per heavy atom. The average molecular weight is 287 g/mol. The number of nitrogens with zero attached hydrogens (tertiary/aromatic N) is 1. The molecule has 0 saturated carbocycles. The van der Waals surface area contributed by atoms with Crippen LogP contribution in [0.15, 0.2) is 23.1 Å². The minimum absolute atomic E-state index is 0.304. The Morgan fingerprint density at radius 1 is 1.47 bits per heavy atom. The first kappa shape index (κ1) is 14.4. The van der Waals surface area contributed by atoms with Crippen molar-refractivity contribution in [2.24, 2.45) is 5.92 Å². The summed E-state index contributed by atoms with van der Waals surface area (Å²) in [5, 5.41) is 8.91. The molecule has 106 valence electrons. The van der Waals surface area contributed by atoms with E-state index in [4.69, 9.17) is 5.11 Å². The van der Waals surface area contributed by atoms with Gasteiger partial charge in [0.05, 0.1) is 6.61 Å². The number of hydrogen-bond acceptors (Lipinski definition) is 3. The highest BCUT2D eigenvalue weighted by Crippen LogP contribution is 2.27. The van der Waals surface area contributed by atoms with Gasteiger partial charge in [-0.25, -0.2) is 12.8 Å². The summed E-state index contributed by atoms with van der Waals surface area (Å²) in [6.45, 7) is 2.62. The van der Waals surface area contributed by atoms with Gasteiger partial charge in [0, 0.05) is 13.1 Å². The number of rotatable bonds is 4. The highest BCUT2D eigenvalue weighted by Gasteiger charge is 2.33. The molecule has 4 nitrogen and oxygen atoms in total. The topological polar surface area (TPSA) is 57.6 Å². The van der Waals surface area contributed by atoms with Crippen molar-refractivity contribution in [3.8, 4) is 0 Å². The molecular formula is C13H18FNO3S. The van der Waals surface area contributed by atoms with Gasteiger partial charge in [0.2, 0.25) is 10.0 Å². The summed E-state index contributed by atoms with van der Waals surface area (Å²) in [4.78, 5) is -0.304. The average Bonchev–Trinajstić information content (AvgIpc) is 2.87. The van der Waals surface area contributed by atoms with Gasteiger partial charge in [0.25, 0.3) is 0 Å². The Morgan fingerprint density at radius 3 is 2.74 bits per heavy atom. The molecule has 0 amide bonds. The van der Waals surface area contributed by atoms with E-state index in [0.717, 1.165) is 18.9 Å². The molecule has 1 atom stereocenters. The number of aliphatic hydroxyl groups excluding tert-OH is 1. The molecule has 1 N–H and O–H groups in total. The summed E-state index contributed by atoms with van der Waals surface area (Å²) in [5.41, 5.74) is 0.365. The van der Waals surface area contributed by atoms with Crippen LogP contribution < -0.4 is 0 Å². The first-order chi connectivity index (χ1) is 8.98. The SMILES string of the molecule is CCC1CCN(S(=O)(=O)c2ccc(CO)cc2F)C1. The van der Waals surface area contributed by atoms with E-state index in [1.165, 1.54) is 16.4 Å². The third-order valence-corrected chi connectivity index (χ3v) is 5.52. The van der Waals surface area contributed by atoms with Crippen LogP contribution in [-0.4, -0.2) is 30.9 Å². The maximum Gasteiger partial charge on any atom is 0.245 e. The lowest BCUT2D eigenvalue weighted by atomic mass is 10.1. The highest BCUT2D eigenvalue weighted by atomic mass is 32.2. The van der Waals surface area contributed by atoms with Crippen LogP contribution in [-0.2, 0) is 16.6 Å². The number of benzene rings is 1. The van der Waals surface area contributed by atoms with Gasteiger partial charge in [0.15, 0.2) is 0 Å². The number of hydrogen-bond donors (Lipinski definition) is 1. The predicted octanol–water partition coefficient (Wildman–Crippen LogP) is 1.74. The maximum atomic E-state index is 13.8. The number of halogens is 1. The van der Waals surface area contributed by atoms with Gasteiger partial charge < -0.3 is 5.11 Å². The molecule has 0 bridgehead atoms. The van der Waals surface area contributed by atoms with Gasteiger partial charge in [-0.05, 0) is 30.0 Å². The molecule has 1 saturated heterocycles. The van der Waals surface area contributed by atoms with Gasteiger partial charge in [-0.3, -0.25) is 0 Å². The molecule has 2 rings (SSSR count). The molecule has 19 heavy (non-hydrogen) atoms. The molecule has 1 fully saturated rings. The van der Waals surface area contributed by atoms with E-state index in [0.29, 0.717) is 24.6 Å². The summed E-state index contributed by atoms with van der Waals surface area (Å²) < 4.78 is 39.9. The van der Waals surface area contributed by atoms with E-state index in [1.54, 1.807) is 0 Å². The molecule has 6 heteroatoms. The predicted molar refractivity (Wildman–Crippen MR) is 69.5 cm³/mol. The van der Waals surface area contributed by atoms with Crippen molar-refractivity contribution in [3.05, 3.63) is 29.6 Å². The Bertz CT molecular complexity index is 559. The second-order valence-corrected chi connectivity index (χ2v) is 6.76. The molecule has 1 aliphatic rings. The Labute approximate surface area is 112 Å². The lowest BCUT2D eigenvalue weighted by Gasteiger charge is -2.17. The van der Waals surface area contributed by atoms with Crippen LogP contribution in [0.1, 0.15) is 25.3 Å². The van der Waals surface area contributed by atoms with Gasteiger partial charge in [-0.1, -0.05) is 19.4 Å². The summed E-state index contributed by atoms with van der Waals surface area (Å²) >= 11 is 0. The molecular weight excluding hydrogens is 269 g/mol. The minimum atomic E-state index is -3.76. The monoisotopic (exact) mass is 287 g/mol. The third kappa shape index (κ3) is 2.80. The third-order valence-electron chi connectivity index (χ3n) is 3.62. The molecule has 1 aliphatic heterocycles. The lowest BCUT2D eigenvalue weighted by Crippen LogP contribution is -2.29. The normalized spacial score (nSPS) is 20.9. The van der Waals surface area contributed by atoms with E-state index >= 15 is 0 Å². The van der Waals surface area contributed by atoms with Gasteiger partial charge in [0.1, 0.15) is 10.7 Å². The molecule has 0 aromatic heterocycles. The van der Waals surface area contributed by atoms with Crippen LogP contribution >= 0.6 is 0 Å². The summed E-state index contributed by atoms with van der Waals surface area (Å²) in [5.74, 6) is -0.443. The fourth-order valence-electron chi connectivity index (χ4n) is 2.34. The number of sulfonamides is 1. The quantitative estimate of drug-likeness (QED) is 0.917. The smallest absolute Gasteiger partial charge is 0.245 e. The summed E-state index contributed by atoms with van der Waals surface area (Å²) in [6.07, 6.45) is 1.75. The molecule has 1 aromatic carbocycles. The molecule has 1 unspecified atom stereocenters. The molecule has 0 radical (unpaired) electrons. The Balaban J connectivity index is 2.30. The van der Waals surface area contributed by atoms with Crippen molar-refractivity contribution >= 4 is 10.0 Å². The van der Waals surface area contributed by atoms with Crippen molar-refractivity contribution in [2.45, 2.75) is 31.3 Å². The summed E-state index contributed by atoms with van der Waals surface area (Å²) in [6, 6.07) is 3.74. The fraction of sp³-hybridized carbons (Fsp3) is 0.538. The van der Waals surface area contributed by atoms with Crippen molar-refractivity contribution in [1.82, 2.24) is 4.31 Å². The molecule has 0 spiro atoms. The van der Waals surface area contributed by atoms with Crippen LogP contribution in [0.5, 0.6) is 0 Å². The standard InChI is InChI=1S/C13H18FNO3S/c1-2-10-5-6-15(8-10)19(17,18)13-4-3-11(9-16)7-12(13)14/h3-4,7,10,16H,2,5-6,8-9H2,1H3. The Hall–Kier alpha value is -0.980. The molecule has 1 aromatic rings. The molecule has 0 aliphatic carbocycles. The van der Waals surface area contributed by atoms with E-state index in [-0.39, 0.29) is 11.5 Å². The zero-order valence-corrected chi connectivity index (χ0v) is 11.7. The Kier molecular flexibility index (Phi) is 4.23. The van der Waals surface area contributed by atoms with E-state index < -0.39 is 15.8 Å². The van der Waals surface area contributed by atoms with E-state index in [2.05, 4.69) is 0 Å². The first-order valence-corrected chi connectivity index (χ1v) is 7.82. The largest absolute Gasteiger partial charge is 0.392 e. The zero-order valence-electron chi connectivity index (χ0n) is 10.8. The second kappa shape index (κ2) is 5.56. The van der Waals surface area contributed by atoms with Gasteiger partial charge in [-0.15, -0.1) is 0 Å².